The Kier molecular flexibility index (Phi) is 8.55. The minimum atomic E-state index is -0.0198. The summed E-state index contributed by atoms with van der Waals surface area (Å²) >= 11 is 0. The van der Waals surface area contributed by atoms with E-state index < -0.39 is 0 Å². The number of likely N-dealkylation sites (tertiary alicyclic amines) is 1. The predicted molar refractivity (Wildman–Crippen MR) is 136 cm³/mol. The zero-order chi connectivity index (χ0) is 24.6. The topological polar surface area (TPSA) is 70.8 Å². The van der Waals surface area contributed by atoms with E-state index in [9.17, 15) is 4.79 Å². The van der Waals surface area contributed by atoms with Gasteiger partial charge in [0.05, 0.1) is 6.61 Å². The van der Waals surface area contributed by atoms with Crippen LogP contribution in [-0.2, 0) is 20.0 Å². The van der Waals surface area contributed by atoms with Gasteiger partial charge < -0.3 is 14.7 Å². The van der Waals surface area contributed by atoms with Crippen molar-refractivity contribution in [3.63, 3.8) is 0 Å². The van der Waals surface area contributed by atoms with Crippen molar-refractivity contribution in [3.8, 4) is 5.75 Å². The quantitative estimate of drug-likeness (QED) is 0.486. The lowest BCUT2D eigenvalue weighted by Crippen LogP contribution is -2.47. The average molecular weight is 477 g/mol. The number of benzene rings is 2. The number of piperidine rings is 1. The molecule has 4 rings (SSSR count). The van der Waals surface area contributed by atoms with Crippen molar-refractivity contribution in [2.24, 2.45) is 13.0 Å². The highest BCUT2D eigenvalue weighted by Gasteiger charge is 2.32. The van der Waals surface area contributed by atoms with Gasteiger partial charge in [0.25, 0.3) is 5.91 Å². The van der Waals surface area contributed by atoms with E-state index in [4.69, 9.17) is 9.84 Å². The van der Waals surface area contributed by atoms with Crippen LogP contribution in [0.25, 0.3) is 0 Å². The van der Waals surface area contributed by atoms with Gasteiger partial charge in [0, 0.05) is 32.9 Å². The van der Waals surface area contributed by atoms with E-state index in [1.165, 1.54) is 11.1 Å². The lowest BCUT2D eigenvalue weighted by atomic mass is 9.84. The molecule has 1 N–H and O–H groups in total. The molecule has 0 saturated carbocycles. The molecule has 186 valence electrons. The van der Waals surface area contributed by atoms with Gasteiger partial charge in [-0.1, -0.05) is 42.5 Å². The van der Waals surface area contributed by atoms with Crippen molar-refractivity contribution in [3.05, 3.63) is 83.7 Å². The molecule has 3 aromatic rings. The highest BCUT2D eigenvalue weighted by molar-refractivity contribution is 5.92. The standard InChI is InChI=1S/C28H36N4O3/c1-30-14-13-26(29-30)28(34)31(2)27(20-22-7-4-3-5-8-22)24-11-15-32(16-12-24)21-23-9-6-10-25(19-23)35-18-17-33/h3-10,13-14,19,24,27,33H,11-12,15-18,20-21H2,1-2H3. The lowest BCUT2D eigenvalue weighted by molar-refractivity contribution is 0.0579. The van der Waals surface area contributed by atoms with E-state index in [-0.39, 0.29) is 18.6 Å². The number of aliphatic hydroxyl groups is 1. The molecule has 1 unspecified atom stereocenters. The molecule has 1 fully saturated rings. The third-order valence-corrected chi connectivity index (χ3v) is 6.88. The van der Waals surface area contributed by atoms with Crippen LogP contribution in [0, 0.1) is 5.92 Å². The Morgan fingerprint density at radius 1 is 1.11 bits per heavy atom. The Balaban J connectivity index is 1.41. The van der Waals surface area contributed by atoms with Crippen LogP contribution in [0.1, 0.15) is 34.5 Å². The maximum Gasteiger partial charge on any atom is 0.274 e. The second kappa shape index (κ2) is 12.0. The molecular weight excluding hydrogens is 440 g/mol. The molecule has 2 aromatic carbocycles. The van der Waals surface area contributed by atoms with Crippen LogP contribution in [-0.4, -0.2) is 70.0 Å². The average Bonchev–Trinajstić information content (AvgIpc) is 3.33. The lowest BCUT2D eigenvalue weighted by Gasteiger charge is -2.40. The van der Waals surface area contributed by atoms with Gasteiger partial charge in [-0.05, 0) is 67.6 Å². The van der Waals surface area contributed by atoms with E-state index in [1.807, 2.05) is 43.4 Å². The third-order valence-electron chi connectivity index (χ3n) is 6.88. The fourth-order valence-corrected chi connectivity index (χ4v) is 4.99. The molecule has 35 heavy (non-hydrogen) atoms. The van der Waals surface area contributed by atoms with Crippen LogP contribution < -0.4 is 4.74 Å². The second-order valence-electron chi connectivity index (χ2n) is 9.38. The third kappa shape index (κ3) is 6.71. The van der Waals surface area contributed by atoms with Crippen molar-refractivity contribution in [1.82, 2.24) is 19.6 Å². The summed E-state index contributed by atoms with van der Waals surface area (Å²) in [6.45, 7) is 3.17. The summed E-state index contributed by atoms with van der Waals surface area (Å²) in [5.41, 5.74) is 2.95. The zero-order valence-corrected chi connectivity index (χ0v) is 20.7. The summed E-state index contributed by atoms with van der Waals surface area (Å²) in [6.07, 6.45) is 4.73. The van der Waals surface area contributed by atoms with Gasteiger partial charge in [-0.2, -0.15) is 5.10 Å². The Labute approximate surface area is 207 Å². The highest BCUT2D eigenvalue weighted by atomic mass is 16.5. The van der Waals surface area contributed by atoms with Crippen molar-refractivity contribution >= 4 is 5.91 Å². The number of rotatable bonds is 10. The van der Waals surface area contributed by atoms with Crippen LogP contribution >= 0.6 is 0 Å². The number of ether oxygens (including phenoxy) is 1. The fraction of sp³-hybridized carbons (Fsp3) is 0.429. The summed E-state index contributed by atoms with van der Waals surface area (Å²) in [6, 6.07) is 20.5. The molecule has 1 aliphatic rings. The summed E-state index contributed by atoms with van der Waals surface area (Å²) in [5.74, 6) is 1.20. The Morgan fingerprint density at radius 3 is 2.54 bits per heavy atom. The van der Waals surface area contributed by atoms with E-state index in [0.717, 1.165) is 44.6 Å². The summed E-state index contributed by atoms with van der Waals surface area (Å²) in [5, 5.41) is 13.3. The van der Waals surface area contributed by atoms with E-state index >= 15 is 0 Å². The molecule has 0 spiro atoms. The number of aliphatic hydroxyl groups excluding tert-OH is 1. The van der Waals surface area contributed by atoms with Gasteiger partial charge in [0.2, 0.25) is 0 Å². The van der Waals surface area contributed by atoms with Gasteiger partial charge in [-0.25, -0.2) is 0 Å². The number of likely N-dealkylation sites (N-methyl/N-ethyl adjacent to an activating group) is 1. The maximum atomic E-state index is 13.3. The molecule has 1 saturated heterocycles. The van der Waals surface area contributed by atoms with E-state index in [0.29, 0.717) is 18.2 Å². The minimum Gasteiger partial charge on any atom is -0.491 e. The van der Waals surface area contributed by atoms with Crippen molar-refractivity contribution in [1.29, 1.82) is 0 Å². The van der Waals surface area contributed by atoms with Gasteiger partial charge in [0.15, 0.2) is 0 Å². The van der Waals surface area contributed by atoms with Crippen molar-refractivity contribution < 1.29 is 14.6 Å². The Morgan fingerprint density at radius 2 is 1.86 bits per heavy atom. The number of carbonyl (C=O) groups is 1. The molecule has 1 aromatic heterocycles. The number of amides is 1. The van der Waals surface area contributed by atoms with Crippen LogP contribution in [0.15, 0.2) is 66.9 Å². The number of hydrogen-bond donors (Lipinski definition) is 1. The monoisotopic (exact) mass is 476 g/mol. The molecule has 0 bridgehead atoms. The largest absolute Gasteiger partial charge is 0.491 e. The molecule has 7 nitrogen and oxygen atoms in total. The molecule has 7 heteroatoms. The van der Waals surface area contributed by atoms with Gasteiger partial charge >= 0.3 is 0 Å². The smallest absolute Gasteiger partial charge is 0.274 e. The first-order chi connectivity index (χ1) is 17.0. The van der Waals surface area contributed by atoms with Crippen LogP contribution in [0.5, 0.6) is 5.75 Å². The SMILES string of the molecule is CN(C(=O)c1ccn(C)n1)C(Cc1ccccc1)C1CCN(Cc2cccc(OCCO)c2)CC1. The summed E-state index contributed by atoms with van der Waals surface area (Å²) in [4.78, 5) is 17.6. The van der Waals surface area contributed by atoms with Gasteiger partial charge in [0.1, 0.15) is 18.1 Å². The molecule has 0 aliphatic carbocycles. The maximum absolute atomic E-state index is 13.3. The van der Waals surface area contributed by atoms with Crippen molar-refractivity contribution in [2.45, 2.75) is 31.8 Å². The summed E-state index contributed by atoms with van der Waals surface area (Å²) < 4.78 is 7.24. The Bertz CT molecular complexity index is 1080. The normalized spacial score (nSPS) is 15.6. The fourth-order valence-electron chi connectivity index (χ4n) is 4.99. The van der Waals surface area contributed by atoms with Gasteiger partial charge in [-0.3, -0.25) is 14.4 Å². The first-order valence-electron chi connectivity index (χ1n) is 12.4. The minimum absolute atomic E-state index is 0.0131. The van der Waals surface area contributed by atoms with Crippen LogP contribution in [0.3, 0.4) is 0 Å². The van der Waals surface area contributed by atoms with Crippen molar-refractivity contribution in [2.75, 3.05) is 33.4 Å². The second-order valence-corrected chi connectivity index (χ2v) is 9.38. The number of hydrogen-bond acceptors (Lipinski definition) is 5. The van der Waals surface area contributed by atoms with E-state index in [1.54, 1.807) is 10.7 Å². The Hall–Kier alpha value is -3.16. The first kappa shape index (κ1) is 24.9. The molecular formula is C28H36N4O3. The zero-order valence-electron chi connectivity index (χ0n) is 20.7. The highest BCUT2D eigenvalue weighted by Crippen LogP contribution is 2.28. The molecule has 1 aliphatic heterocycles. The molecule has 1 amide bonds. The number of nitrogens with zero attached hydrogens (tertiary/aromatic N) is 4. The van der Waals surface area contributed by atoms with E-state index in [2.05, 4.69) is 46.4 Å². The number of aromatic nitrogens is 2. The molecule has 0 radical (unpaired) electrons. The molecule has 2 heterocycles. The first-order valence-corrected chi connectivity index (χ1v) is 12.4. The van der Waals surface area contributed by atoms with Crippen LogP contribution in [0.2, 0.25) is 0 Å². The summed E-state index contributed by atoms with van der Waals surface area (Å²) in [7, 11) is 3.76. The number of carbonyl (C=O) groups excluding carboxylic acids is 1. The van der Waals surface area contributed by atoms with Crippen LogP contribution in [0.4, 0.5) is 0 Å². The van der Waals surface area contributed by atoms with Gasteiger partial charge in [-0.15, -0.1) is 0 Å². The molecule has 1 atom stereocenters. The number of aryl methyl sites for hydroxylation is 1. The predicted octanol–water partition coefficient (Wildman–Crippen LogP) is 3.39.